The van der Waals surface area contributed by atoms with Crippen molar-refractivity contribution in [3.8, 4) is 0 Å². The lowest BCUT2D eigenvalue weighted by atomic mass is 9.94. The van der Waals surface area contributed by atoms with Crippen molar-refractivity contribution in [2.75, 3.05) is 13.2 Å². The van der Waals surface area contributed by atoms with Crippen LogP contribution in [-0.2, 0) is 11.3 Å². The van der Waals surface area contributed by atoms with Gasteiger partial charge in [0.25, 0.3) is 5.56 Å². The molecule has 3 aromatic rings. The van der Waals surface area contributed by atoms with Gasteiger partial charge in [-0.15, -0.1) is 5.10 Å². The van der Waals surface area contributed by atoms with E-state index >= 15 is 0 Å². The Morgan fingerprint density at radius 2 is 1.92 bits per heavy atom. The van der Waals surface area contributed by atoms with E-state index in [0.29, 0.717) is 12.6 Å². The lowest BCUT2D eigenvalue weighted by Crippen LogP contribution is -2.40. The van der Waals surface area contributed by atoms with Crippen LogP contribution in [0.15, 0.2) is 23.0 Å². The van der Waals surface area contributed by atoms with Crippen molar-refractivity contribution in [1.82, 2.24) is 30.1 Å². The zero-order valence-corrected chi connectivity index (χ0v) is 22.2. The smallest absolute Gasteiger partial charge is 0.252 e. The second-order valence-corrected chi connectivity index (χ2v) is 11.2. The number of aryl methyl sites for hydroxylation is 2. The summed E-state index contributed by atoms with van der Waals surface area (Å²) in [5.41, 5.74) is 3.95. The Bertz CT molecular complexity index is 1240. The Kier molecular flexibility index (Phi) is 7.53. The number of ether oxygens (including phenoxy) is 1. The topological polar surface area (TPSA) is 88.9 Å². The Hall–Kier alpha value is -2.58. The summed E-state index contributed by atoms with van der Waals surface area (Å²) in [4.78, 5) is 18.8. The maximum absolute atomic E-state index is 13.3. The molecule has 2 fully saturated rings. The predicted molar refractivity (Wildman–Crippen MR) is 141 cm³/mol. The molecule has 0 unspecified atom stereocenters. The van der Waals surface area contributed by atoms with Crippen LogP contribution in [0.5, 0.6) is 0 Å². The summed E-state index contributed by atoms with van der Waals surface area (Å²) in [6.07, 6.45) is 8.27. The minimum atomic E-state index is -0.0267. The molecule has 1 aliphatic carbocycles. The van der Waals surface area contributed by atoms with Gasteiger partial charge in [0.15, 0.2) is 5.82 Å². The highest BCUT2D eigenvalue weighted by molar-refractivity contribution is 5.82. The SMILES string of the molecule is Cc1cc(C)c2[nH]c(=O)c(CN(C[C@H]3CCCO3)[C@@H](c3nnnn3C3CCCCC3)C(C)C)cc2c1. The van der Waals surface area contributed by atoms with Crippen LogP contribution in [-0.4, -0.2) is 49.3 Å². The van der Waals surface area contributed by atoms with Crippen LogP contribution in [0, 0.1) is 19.8 Å². The molecule has 0 radical (unpaired) electrons. The first-order valence-electron chi connectivity index (χ1n) is 13.7. The van der Waals surface area contributed by atoms with Crippen LogP contribution in [0.25, 0.3) is 10.9 Å². The summed E-state index contributed by atoms with van der Waals surface area (Å²) in [6, 6.07) is 6.67. The Balaban J connectivity index is 1.53. The van der Waals surface area contributed by atoms with Crippen LogP contribution in [0.1, 0.15) is 93.4 Å². The molecule has 1 N–H and O–H groups in total. The Morgan fingerprint density at radius 1 is 1.11 bits per heavy atom. The van der Waals surface area contributed by atoms with E-state index < -0.39 is 0 Å². The lowest BCUT2D eigenvalue weighted by molar-refractivity contribution is 0.0375. The normalized spacial score (nSPS) is 20.1. The lowest BCUT2D eigenvalue weighted by Gasteiger charge is -2.36. The fourth-order valence-electron chi connectivity index (χ4n) is 6.26. The number of hydrogen-bond donors (Lipinski definition) is 1. The zero-order valence-electron chi connectivity index (χ0n) is 22.2. The summed E-state index contributed by atoms with van der Waals surface area (Å²) in [7, 11) is 0. The van der Waals surface area contributed by atoms with Crippen molar-refractivity contribution in [1.29, 1.82) is 0 Å². The number of aromatic amines is 1. The maximum atomic E-state index is 13.3. The van der Waals surface area contributed by atoms with Gasteiger partial charge in [-0.25, -0.2) is 4.68 Å². The zero-order chi connectivity index (χ0) is 25.2. The van der Waals surface area contributed by atoms with Gasteiger partial charge in [0.05, 0.1) is 23.7 Å². The van der Waals surface area contributed by atoms with Gasteiger partial charge in [-0.05, 0) is 79.0 Å². The van der Waals surface area contributed by atoms with E-state index in [9.17, 15) is 4.79 Å². The molecule has 8 nitrogen and oxygen atoms in total. The molecule has 1 aliphatic heterocycles. The van der Waals surface area contributed by atoms with Gasteiger partial charge in [-0.1, -0.05) is 44.7 Å². The molecular formula is C28H40N6O2. The van der Waals surface area contributed by atoms with Crippen LogP contribution in [0.4, 0.5) is 0 Å². The second kappa shape index (κ2) is 10.8. The standard InChI is InChI=1S/C28H40N6O2/c1-18(2)26(27-30-31-32-34(27)23-9-6-5-7-10-23)33(17-24-11-8-12-36-24)16-22-15-21-14-19(3)13-20(4)25(21)29-28(22)35/h13-15,18,23-24,26H,5-12,16-17H2,1-4H3,(H,29,35)/t24-,26-/m1/s1. The summed E-state index contributed by atoms with van der Waals surface area (Å²) < 4.78 is 8.15. The fraction of sp³-hybridized carbons (Fsp3) is 0.643. The number of benzene rings is 1. The van der Waals surface area contributed by atoms with Crippen LogP contribution in [0.3, 0.4) is 0 Å². The Morgan fingerprint density at radius 3 is 2.64 bits per heavy atom. The predicted octanol–water partition coefficient (Wildman–Crippen LogP) is 5.01. The minimum Gasteiger partial charge on any atom is -0.377 e. The molecule has 2 aliphatic rings. The molecule has 2 atom stereocenters. The van der Waals surface area contributed by atoms with Gasteiger partial charge in [-0.3, -0.25) is 9.69 Å². The molecule has 2 aromatic heterocycles. The molecule has 1 saturated carbocycles. The summed E-state index contributed by atoms with van der Waals surface area (Å²) in [5, 5.41) is 14.3. The summed E-state index contributed by atoms with van der Waals surface area (Å²) in [6.45, 7) is 10.7. The van der Waals surface area contributed by atoms with Crippen molar-refractivity contribution >= 4 is 10.9 Å². The third kappa shape index (κ3) is 5.25. The van der Waals surface area contributed by atoms with Crippen molar-refractivity contribution in [3.05, 3.63) is 51.1 Å². The van der Waals surface area contributed by atoms with Crippen molar-refractivity contribution < 1.29 is 4.74 Å². The van der Waals surface area contributed by atoms with Crippen LogP contribution < -0.4 is 5.56 Å². The molecule has 1 aromatic carbocycles. The van der Waals surface area contributed by atoms with E-state index in [2.05, 4.69) is 76.0 Å². The molecule has 36 heavy (non-hydrogen) atoms. The third-order valence-electron chi connectivity index (χ3n) is 7.93. The molecule has 3 heterocycles. The molecule has 0 spiro atoms. The average molecular weight is 493 g/mol. The van der Waals surface area contributed by atoms with E-state index in [1.54, 1.807) is 0 Å². The first-order valence-corrected chi connectivity index (χ1v) is 13.7. The molecule has 0 amide bonds. The van der Waals surface area contributed by atoms with Crippen molar-refractivity contribution in [2.45, 2.75) is 97.4 Å². The monoisotopic (exact) mass is 492 g/mol. The van der Waals surface area contributed by atoms with Crippen molar-refractivity contribution in [3.63, 3.8) is 0 Å². The molecule has 8 heteroatoms. The van der Waals surface area contributed by atoms with E-state index in [0.717, 1.165) is 66.7 Å². The number of aromatic nitrogens is 5. The Labute approximate surface area is 213 Å². The molecule has 5 rings (SSSR count). The molecule has 0 bridgehead atoms. The van der Waals surface area contributed by atoms with Crippen LogP contribution >= 0.6 is 0 Å². The van der Waals surface area contributed by atoms with Crippen molar-refractivity contribution in [2.24, 2.45) is 5.92 Å². The van der Waals surface area contributed by atoms with Gasteiger partial charge in [0, 0.05) is 25.3 Å². The van der Waals surface area contributed by atoms with E-state index in [1.165, 1.54) is 24.8 Å². The summed E-state index contributed by atoms with van der Waals surface area (Å²) in [5.74, 6) is 1.18. The van der Waals surface area contributed by atoms with Gasteiger partial charge in [0.2, 0.25) is 0 Å². The number of fused-ring (bicyclic) bond motifs is 1. The number of pyridine rings is 1. The maximum Gasteiger partial charge on any atom is 0.252 e. The van der Waals surface area contributed by atoms with E-state index in [1.807, 2.05) is 0 Å². The second-order valence-electron chi connectivity index (χ2n) is 11.2. The number of hydrogen-bond acceptors (Lipinski definition) is 6. The highest BCUT2D eigenvalue weighted by Crippen LogP contribution is 2.34. The largest absolute Gasteiger partial charge is 0.377 e. The molecule has 194 valence electrons. The quantitative estimate of drug-likeness (QED) is 0.475. The van der Waals surface area contributed by atoms with Gasteiger partial charge in [0.1, 0.15) is 0 Å². The van der Waals surface area contributed by atoms with Gasteiger partial charge in [-0.2, -0.15) is 0 Å². The molecule has 1 saturated heterocycles. The average Bonchev–Trinajstić information content (AvgIpc) is 3.53. The van der Waals surface area contributed by atoms with Gasteiger partial charge < -0.3 is 9.72 Å². The highest BCUT2D eigenvalue weighted by atomic mass is 16.5. The van der Waals surface area contributed by atoms with Gasteiger partial charge >= 0.3 is 0 Å². The highest BCUT2D eigenvalue weighted by Gasteiger charge is 2.34. The number of tetrazole rings is 1. The van der Waals surface area contributed by atoms with Crippen LogP contribution in [0.2, 0.25) is 0 Å². The number of H-pyrrole nitrogens is 1. The third-order valence-corrected chi connectivity index (χ3v) is 7.93. The first kappa shape index (κ1) is 25.1. The number of nitrogens with one attached hydrogen (secondary N) is 1. The van der Waals surface area contributed by atoms with E-state index in [-0.39, 0.29) is 23.6 Å². The number of nitrogens with zero attached hydrogens (tertiary/aromatic N) is 5. The minimum absolute atomic E-state index is 0.0135. The summed E-state index contributed by atoms with van der Waals surface area (Å²) >= 11 is 0. The number of rotatable bonds is 8. The first-order chi connectivity index (χ1) is 17.4. The fourth-order valence-corrected chi connectivity index (χ4v) is 6.26. The van der Waals surface area contributed by atoms with E-state index in [4.69, 9.17) is 4.74 Å². The molecular weight excluding hydrogens is 452 g/mol.